The van der Waals surface area contributed by atoms with Gasteiger partial charge in [-0.2, -0.15) is 0 Å². The lowest BCUT2D eigenvalue weighted by atomic mass is 9.83. The van der Waals surface area contributed by atoms with Crippen LogP contribution in [0.4, 0.5) is 0 Å². The minimum Gasteiger partial charge on any atom is -0.330 e. The van der Waals surface area contributed by atoms with Crippen LogP contribution in [0.3, 0.4) is 0 Å². The van der Waals surface area contributed by atoms with E-state index >= 15 is 0 Å². The molecule has 0 saturated carbocycles. The first-order valence-electron chi connectivity index (χ1n) is 6.88. The van der Waals surface area contributed by atoms with E-state index < -0.39 is 0 Å². The summed E-state index contributed by atoms with van der Waals surface area (Å²) < 4.78 is 0. The maximum atomic E-state index is 5.79. The van der Waals surface area contributed by atoms with E-state index in [1.54, 1.807) is 0 Å². The molecule has 18 heavy (non-hydrogen) atoms. The van der Waals surface area contributed by atoms with E-state index in [1.807, 2.05) is 0 Å². The van der Waals surface area contributed by atoms with Crippen molar-refractivity contribution >= 4 is 0 Å². The van der Waals surface area contributed by atoms with Crippen LogP contribution in [0.5, 0.6) is 0 Å². The van der Waals surface area contributed by atoms with Gasteiger partial charge in [-0.05, 0) is 86.9 Å². The molecule has 0 amide bonds. The molecule has 1 unspecified atom stereocenters. The van der Waals surface area contributed by atoms with Gasteiger partial charge in [0.15, 0.2) is 0 Å². The normalized spacial score (nSPS) is 13.1. The summed E-state index contributed by atoms with van der Waals surface area (Å²) in [5.41, 5.74) is 18.7. The SMILES string of the molecule is Cc1cc(C)c(C)c(CC(C)C(CN)CN)c1C. The fourth-order valence-electron chi connectivity index (χ4n) is 2.65. The van der Waals surface area contributed by atoms with Crippen LogP contribution in [0.15, 0.2) is 6.07 Å². The molecule has 0 heterocycles. The summed E-state index contributed by atoms with van der Waals surface area (Å²) in [6.45, 7) is 12.5. The summed E-state index contributed by atoms with van der Waals surface area (Å²) in [5, 5.41) is 0. The lowest BCUT2D eigenvalue weighted by Gasteiger charge is -2.24. The fourth-order valence-corrected chi connectivity index (χ4v) is 2.65. The largest absolute Gasteiger partial charge is 0.330 e. The summed E-state index contributed by atoms with van der Waals surface area (Å²) in [6.07, 6.45) is 1.08. The van der Waals surface area contributed by atoms with Gasteiger partial charge in [-0.3, -0.25) is 0 Å². The van der Waals surface area contributed by atoms with Crippen LogP contribution in [0.25, 0.3) is 0 Å². The summed E-state index contributed by atoms with van der Waals surface area (Å²) in [6, 6.07) is 2.28. The molecular weight excluding hydrogens is 220 g/mol. The Balaban J connectivity index is 3.04. The van der Waals surface area contributed by atoms with Gasteiger partial charge in [0.05, 0.1) is 0 Å². The van der Waals surface area contributed by atoms with Crippen molar-refractivity contribution in [2.75, 3.05) is 13.1 Å². The van der Waals surface area contributed by atoms with Crippen molar-refractivity contribution in [3.05, 3.63) is 33.9 Å². The van der Waals surface area contributed by atoms with Gasteiger partial charge < -0.3 is 11.5 Å². The van der Waals surface area contributed by atoms with Gasteiger partial charge >= 0.3 is 0 Å². The molecule has 0 bridgehead atoms. The zero-order chi connectivity index (χ0) is 13.9. The molecule has 0 radical (unpaired) electrons. The lowest BCUT2D eigenvalue weighted by molar-refractivity contribution is 0.371. The van der Waals surface area contributed by atoms with E-state index in [4.69, 9.17) is 11.5 Å². The van der Waals surface area contributed by atoms with Crippen LogP contribution in [-0.2, 0) is 6.42 Å². The second-order valence-corrected chi connectivity index (χ2v) is 5.65. The molecule has 1 aromatic rings. The number of benzene rings is 1. The van der Waals surface area contributed by atoms with Crippen molar-refractivity contribution in [2.45, 2.75) is 41.0 Å². The van der Waals surface area contributed by atoms with Gasteiger partial charge in [-0.1, -0.05) is 13.0 Å². The molecule has 1 rings (SSSR count). The van der Waals surface area contributed by atoms with Crippen molar-refractivity contribution in [3.63, 3.8) is 0 Å². The second-order valence-electron chi connectivity index (χ2n) is 5.65. The first kappa shape index (κ1) is 15.2. The third-order valence-electron chi connectivity index (χ3n) is 4.46. The molecule has 1 aromatic carbocycles. The quantitative estimate of drug-likeness (QED) is 0.841. The van der Waals surface area contributed by atoms with E-state index in [0.29, 0.717) is 24.9 Å². The standard InChI is InChI=1S/C16H28N2/c1-10-6-11(2)14(5)16(13(10)4)7-12(3)15(8-17)9-18/h6,12,15H,7-9,17-18H2,1-5H3. The Kier molecular flexibility index (Phi) is 5.36. The Labute approximate surface area is 112 Å². The lowest BCUT2D eigenvalue weighted by Crippen LogP contribution is -2.30. The van der Waals surface area contributed by atoms with Crippen molar-refractivity contribution < 1.29 is 0 Å². The van der Waals surface area contributed by atoms with Crippen LogP contribution < -0.4 is 11.5 Å². The van der Waals surface area contributed by atoms with Gasteiger partial charge in [0, 0.05) is 0 Å². The number of rotatable bonds is 5. The molecule has 2 nitrogen and oxygen atoms in total. The number of hydrogen-bond donors (Lipinski definition) is 2. The Morgan fingerprint density at radius 3 is 1.78 bits per heavy atom. The maximum absolute atomic E-state index is 5.79. The number of nitrogens with two attached hydrogens (primary N) is 2. The third kappa shape index (κ3) is 3.12. The van der Waals surface area contributed by atoms with E-state index in [2.05, 4.69) is 40.7 Å². The van der Waals surface area contributed by atoms with E-state index in [-0.39, 0.29) is 0 Å². The number of hydrogen-bond acceptors (Lipinski definition) is 2. The first-order chi connectivity index (χ1) is 8.42. The first-order valence-corrected chi connectivity index (χ1v) is 6.88. The Bertz CT molecular complexity index is 380. The smallest absolute Gasteiger partial charge is 0.00341 e. The van der Waals surface area contributed by atoms with Crippen LogP contribution >= 0.6 is 0 Å². The summed E-state index contributed by atoms with van der Waals surface area (Å²) in [7, 11) is 0. The number of aryl methyl sites for hydroxylation is 2. The molecule has 102 valence electrons. The molecule has 0 aromatic heterocycles. The Morgan fingerprint density at radius 2 is 1.39 bits per heavy atom. The Morgan fingerprint density at radius 1 is 0.944 bits per heavy atom. The highest BCUT2D eigenvalue weighted by molar-refractivity contribution is 5.44. The second kappa shape index (κ2) is 6.35. The van der Waals surface area contributed by atoms with E-state index in [0.717, 1.165) is 6.42 Å². The zero-order valence-electron chi connectivity index (χ0n) is 12.5. The highest BCUT2D eigenvalue weighted by Crippen LogP contribution is 2.26. The summed E-state index contributed by atoms with van der Waals surface area (Å²) in [5.74, 6) is 0.961. The predicted molar refractivity (Wildman–Crippen MR) is 79.9 cm³/mol. The molecule has 0 aliphatic heterocycles. The average Bonchev–Trinajstić information content (AvgIpc) is 2.33. The molecule has 0 spiro atoms. The maximum Gasteiger partial charge on any atom is -0.00341 e. The minimum absolute atomic E-state index is 0.421. The average molecular weight is 248 g/mol. The van der Waals surface area contributed by atoms with Crippen molar-refractivity contribution in [1.82, 2.24) is 0 Å². The predicted octanol–water partition coefficient (Wildman–Crippen LogP) is 2.63. The van der Waals surface area contributed by atoms with Crippen molar-refractivity contribution in [3.8, 4) is 0 Å². The molecule has 2 heteroatoms. The molecule has 0 fully saturated rings. The van der Waals surface area contributed by atoms with Gasteiger partial charge in [0.1, 0.15) is 0 Å². The van der Waals surface area contributed by atoms with Gasteiger partial charge in [0.2, 0.25) is 0 Å². The molecule has 0 aliphatic carbocycles. The van der Waals surface area contributed by atoms with Gasteiger partial charge in [-0.25, -0.2) is 0 Å². The third-order valence-corrected chi connectivity index (χ3v) is 4.46. The van der Waals surface area contributed by atoms with Crippen LogP contribution in [0.1, 0.15) is 34.7 Å². The molecule has 1 atom stereocenters. The molecule has 0 saturated heterocycles. The molecular formula is C16H28N2. The van der Waals surface area contributed by atoms with Gasteiger partial charge in [0.25, 0.3) is 0 Å². The highest BCUT2D eigenvalue weighted by atomic mass is 14.6. The summed E-state index contributed by atoms with van der Waals surface area (Å²) >= 11 is 0. The van der Waals surface area contributed by atoms with Crippen molar-refractivity contribution in [1.29, 1.82) is 0 Å². The monoisotopic (exact) mass is 248 g/mol. The van der Waals surface area contributed by atoms with Crippen molar-refractivity contribution in [2.24, 2.45) is 23.3 Å². The molecule has 0 aliphatic rings. The van der Waals surface area contributed by atoms with E-state index in [1.165, 1.54) is 27.8 Å². The summed E-state index contributed by atoms with van der Waals surface area (Å²) in [4.78, 5) is 0. The van der Waals surface area contributed by atoms with Crippen LogP contribution in [0, 0.1) is 39.5 Å². The highest BCUT2D eigenvalue weighted by Gasteiger charge is 2.17. The van der Waals surface area contributed by atoms with E-state index in [9.17, 15) is 0 Å². The minimum atomic E-state index is 0.421. The van der Waals surface area contributed by atoms with Crippen LogP contribution in [-0.4, -0.2) is 13.1 Å². The van der Waals surface area contributed by atoms with Gasteiger partial charge in [-0.15, -0.1) is 0 Å². The van der Waals surface area contributed by atoms with Crippen LogP contribution in [0.2, 0.25) is 0 Å². The Hall–Kier alpha value is -0.860. The molecule has 4 N–H and O–H groups in total. The zero-order valence-corrected chi connectivity index (χ0v) is 12.5. The topological polar surface area (TPSA) is 52.0 Å². The fraction of sp³-hybridized carbons (Fsp3) is 0.625.